The van der Waals surface area contributed by atoms with E-state index in [0.717, 1.165) is 0 Å². The summed E-state index contributed by atoms with van der Waals surface area (Å²) in [6.07, 6.45) is 1.37. The Kier molecular flexibility index (Phi) is 5.32. The van der Waals surface area contributed by atoms with Crippen molar-refractivity contribution < 1.29 is 23.5 Å². The van der Waals surface area contributed by atoms with Crippen LogP contribution in [0.3, 0.4) is 0 Å². The van der Waals surface area contributed by atoms with Crippen LogP contribution in [0.1, 0.15) is 26.5 Å². The molecule has 0 saturated carbocycles. The Hall–Kier alpha value is -3.87. The van der Waals surface area contributed by atoms with E-state index < -0.39 is 11.8 Å². The molecular weight excluding hydrogens is 348 g/mol. The molecule has 7 nitrogen and oxygen atoms in total. The number of hydrogen-bond donors (Lipinski definition) is 1. The van der Waals surface area contributed by atoms with Crippen LogP contribution in [0.25, 0.3) is 0 Å². The van der Waals surface area contributed by atoms with Gasteiger partial charge in [0.2, 0.25) is 5.78 Å². The molecule has 1 heterocycles. The number of ether oxygens (including phenoxy) is 2. The third-order valence-corrected chi connectivity index (χ3v) is 3.76. The molecule has 2 aromatic carbocycles. The SMILES string of the molecule is COc1ccc(C(=O)Oc2ccccc2/C(=N\N)C(=O)c2ccco2)cc1. The van der Waals surface area contributed by atoms with Gasteiger partial charge in [0.05, 0.1) is 18.9 Å². The van der Waals surface area contributed by atoms with E-state index in [1.54, 1.807) is 54.6 Å². The Labute approximate surface area is 155 Å². The molecule has 3 rings (SSSR count). The molecule has 0 fully saturated rings. The molecule has 0 bridgehead atoms. The first-order valence-corrected chi connectivity index (χ1v) is 7.95. The number of methoxy groups -OCH3 is 1. The van der Waals surface area contributed by atoms with Gasteiger partial charge < -0.3 is 19.7 Å². The third-order valence-electron chi connectivity index (χ3n) is 3.76. The van der Waals surface area contributed by atoms with Crippen molar-refractivity contribution >= 4 is 17.5 Å². The van der Waals surface area contributed by atoms with Gasteiger partial charge in [0.1, 0.15) is 17.2 Å². The first-order chi connectivity index (χ1) is 13.1. The maximum absolute atomic E-state index is 12.6. The van der Waals surface area contributed by atoms with E-state index in [2.05, 4.69) is 5.10 Å². The minimum absolute atomic E-state index is 0.0792. The summed E-state index contributed by atoms with van der Waals surface area (Å²) in [5.74, 6) is 5.17. The minimum Gasteiger partial charge on any atom is -0.497 e. The van der Waals surface area contributed by atoms with Crippen LogP contribution >= 0.6 is 0 Å². The van der Waals surface area contributed by atoms with Crippen LogP contribution in [0.5, 0.6) is 11.5 Å². The van der Waals surface area contributed by atoms with Crippen LogP contribution in [0.15, 0.2) is 76.4 Å². The van der Waals surface area contributed by atoms with Crippen molar-refractivity contribution in [3.05, 3.63) is 83.8 Å². The molecule has 0 aliphatic rings. The van der Waals surface area contributed by atoms with Crippen molar-refractivity contribution in [2.75, 3.05) is 7.11 Å². The van der Waals surface area contributed by atoms with E-state index in [9.17, 15) is 9.59 Å². The maximum atomic E-state index is 12.6. The Morgan fingerprint density at radius 2 is 1.74 bits per heavy atom. The molecule has 0 spiro atoms. The zero-order valence-electron chi connectivity index (χ0n) is 14.4. The fourth-order valence-electron chi connectivity index (χ4n) is 2.41. The topological polar surface area (TPSA) is 104 Å². The van der Waals surface area contributed by atoms with Crippen LogP contribution in [0.2, 0.25) is 0 Å². The van der Waals surface area contributed by atoms with Crippen molar-refractivity contribution in [3.63, 3.8) is 0 Å². The second-order valence-electron chi connectivity index (χ2n) is 5.40. The van der Waals surface area contributed by atoms with Crippen molar-refractivity contribution in [3.8, 4) is 11.5 Å². The molecule has 0 unspecified atom stereocenters. The molecule has 0 amide bonds. The second-order valence-corrected chi connectivity index (χ2v) is 5.40. The van der Waals surface area contributed by atoms with Gasteiger partial charge >= 0.3 is 5.97 Å². The number of ketones is 1. The Balaban J connectivity index is 1.89. The predicted molar refractivity (Wildman–Crippen MR) is 98.2 cm³/mol. The monoisotopic (exact) mass is 364 g/mol. The normalized spacial score (nSPS) is 11.1. The molecule has 0 aliphatic heterocycles. The Morgan fingerprint density at radius 3 is 2.37 bits per heavy atom. The molecule has 0 saturated heterocycles. The third kappa shape index (κ3) is 3.87. The van der Waals surface area contributed by atoms with Gasteiger partial charge in [-0.2, -0.15) is 5.10 Å². The smallest absolute Gasteiger partial charge is 0.343 e. The van der Waals surface area contributed by atoms with Gasteiger partial charge in [-0.3, -0.25) is 4.79 Å². The predicted octanol–water partition coefficient (Wildman–Crippen LogP) is 3.05. The summed E-state index contributed by atoms with van der Waals surface area (Å²) in [5.41, 5.74) is 0.528. The number of hydrazone groups is 1. The largest absolute Gasteiger partial charge is 0.497 e. The van der Waals surface area contributed by atoms with Gasteiger partial charge in [-0.25, -0.2) is 4.79 Å². The number of furan rings is 1. The average Bonchev–Trinajstić information content (AvgIpc) is 3.24. The number of nitrogens with zero attached hydrogens (tertiary/aromatic N) is 1. The number of benzene rings is 2. The lowest BCUT2D eigenvalue weighted by Gasteiger charge is -2.11. The van der Waals surface area contributed by atoms with Gasteiger partial charge in [0, 0.05) is 5.56 Å². The summed E-state index contributed by atoms with van der Waals surface area (Å²) in [7, 11) is 1.54. The molecule has 136 valence electrons. The van der Waals surface area contributed by atoms with E-state index in [4.69, 9.17) is 19.7 Å². The molecule has 3 aromatic rings. The first-order valence-electron chi connectivity index (χ1n) is 7.95. The highest BCUT2D eigenvalue weighted by Crippen LogP contribution is 2.22. The Morgan fingerprint density at radius 1 is 1.00 bits per heavy atom. The van der Waals surface area contributed by atoms with Crippen molar-refractivity contribution in [1.29, 1.82) is 0 Å². The molecule has 27 heavy (non-hydrogen) atoms. The number of Topliss-reactive ketones (excluding diaryl/α,β-unsaturated/α-hetero) is 1. The summed E-state index contributed by atoms with van der Waals surface area (Å²) >= 11 is 0. The number of rotatable bonds is 6. The summed E-state index contributed by atoms with van der Waals surface area (Å²) < 4.78 is 15.6. The molecule has 1 aromatic heterocycles. The molecular formula is C20H16N2O5. The number of nitrogens with two attached hydrogens (primary N) is 1. The number of carbonyl (C=O) groups is 2. The van der Waals surface area contributed by atoms with Crippen LogP contribution in [0, 0.1) is 0 Å². The van der Waals surface area contributed by atoms with Crippen LogP contribution in [-0.2, 0) is 0 Å². The average molecular weight is 364 g/mol. The first kappa shape index (κ1) is 17.9. The van der Waals surface area contributed by atoms with Crippen LogP contribution < -0.4 is 15.3 Å². The lowest BCUT2D eigenvalue weighted by Crippen LogP contribution is -2.19. The summed E-state index contributed by atoms with van der Waals surface area (Å²) in [5, 5.41) is 3.58. The molecule has 0 atom stereocenters. The van der Waals surface area contributed by atoms with E-state index in [-0.39, 0.29) is 22.8 Å². The van der Waals surface area contributed by atoms with Gasteiger partial charge in [-0.15, -0.1) is 0 Å². The molecule has 0 aliphatic carbocycles. The highest BCUT2D eigenvalue weighted by atomic mass is 16.5. The fraction of sp³-hybridized carbons (Fsp3) is 0.0500. The molecule has 0 radical (unpaired) electrons. The minimum atomic E-state index is -0.591. The van der Waals surface area contributed by atoms with E-state index in [1.165, 1.54) is 19.4 Å². The standard InChI is InChI=1S/C20H16N2O5/c1-25-14-10-8-13(9-11-14)20(24)27-16-6-3-2-5-15(16)18(22-21)19(23)17-7-4-12-26-17/h2-12H,21H2,1H3/b22-18+. The van der Waals surface area contributed by atoms with Gasteiger partial charge in [0.25, 0.3) is 0 Å². The van der Waals surface area contributed by atoms with Gasteiger partial charge in [-0.1, -0.05) is 12.1 Å². The summed E-state index contributed by atoms with van der Waals surface area (Å²) in [6, 6.07) is 16.0. The quantitative estimate of drug-likeness (QED) is 0.180. The maximum Gasteiger partial charge on any atom is 0.343 e. The Bertz CT molecular complexity index is 976. The lowest BCUT2D eigenvalue weighted by atomic mass is 10.0. The second kappa shape index (κ2) is 8.01. The van der Waals surface area contributed by atoms with Crippen molar-refractivity contribution in [2.24, 2.45) is 10.9 Å². The highest BCUT2D eigenvalue weighted by molar-refractivity contribution is 6.51. The zero-order valence-corrected chi connectivity index (χ0v) is 14.4. The molecule has 2 N–H and O–H groups in total. The number of hydrogen-bond acceptors (Lipinski definition) is 7. The molecule has 7 heteroatoms. The van der Waals surface area contributed by atoms with E-state index >= 15 is 0 Å². The number of para-hydroxylation sites is 1. The summed E-state index contributed by atoms with van der Waals surface area (Å²) in [6.45, 7) is 0. The zero-order chi connectivity index (χ0) is 19.2. The summed E-state index contributed by atoms with van der Waals surface area (Å²) in [4.78, 5) is 25.0. The van der Waals surface area contributed by atoms with Crippen LogP contribution in [0.4, 0.5) is 0 Å². The van der Waals surface area contributed by atoms with Gasteiger partial charge in [-0.05, 0) is 48.5 Å². The van der Waals surface area contributed by atoms with Gasteiger partial charge in [0.15, 0.2) is 5.76 Å². The van der Waals surface area contributed by atoms with Crippen LogP contribution in [-0.4, -0.2) is 24.6 Å². The van der Waals surface area contributed by atoms with Crippen molar-refractivity contribution in [1.82, 2.24) is 0 Å². The van der Waals surface area contributed by atoms with E-state index in [0.29, 0.717) is 11.3 Å². The van der Waals surface area contributed by atoms with E-state index in [1.807, 2.05) is 0 Å². The number of esters is 1. The van der Waals surface area contributed by atoms with Crippen molar-refractivity contribution in [2.45, 2.75) is 0 Å². The highest BCUT2D eigenvalue weighted by Gasteiger charge is 2.23. The fourth-order valence-corrected chi connectivity index (χ4v) is 2.41. The lowest BCUT2D eigenvalue weighted by molar-refractivity contribution is 0.0733. The number of carbonyl (C=O) groups excluding carboxylic acids is 2.